The molecular weight excluding hydrogens is 272 g/mol. The summed E-state index contributed by atoms with van der Waals surface area (Å²) in [6.07, 6.45) is 5.55. The van der Waals surface area contributed by atoms with Crippen molar-refractivity contribution >= 4 is 16.9 Å². The number of guanidine groups is 1. The zero-order chi connectivity index (χ0) is 15.5. The Hall–Kier alpha value is -1.97. The first kappa shape index (κ1) is 14.9. The number of nitrogens with zero attached hydrogens (tertiary/aromatic N) is 2. The fourth-order valence-electron chi connectivity index (χ4n) is 3.44. The van der Waals surface area contributed by atoms with Crippen molar-refractivity contribution in [2.75, 3.05) is 19.6 Å². The molecule has 3 N–H and O–H groups in total. The minimum atomic E-state index is 0.711. The quantitative estimate of drug-likeness (QED) is 0.676. The molecule has 4 nitrogen and oxygen atoms in total. The van der Waals surface area contributed by atoms with Gasteiger partial charge in [-0.3, -0.25) is 4.99 Å². The van der Waals surface area contributed by atoms with Gasteiger partial charge in [-0.2, -0.15) is 0 Å². The summed E-state index contributed by atoms with van der Waals surface area (Å²) in [5.74, 6) is 1.43. The van der Waals surface area contributed by atoms with E-state index in [9.17, 15) is 0 Å². The Morgan fingerprint density at radius 1 is 1.45 bits per heavy atom. The van der Waals surface area contributed by atoms with E-state index in [1.165, 1.54) is 34.9 Å². The first-order chi connectivity index (χ1) is 10.6. The summed E-state index contributed by atoms with van der Waals surface area (Å²) < 4.78 is 0. The molecule has 3 rings (SSSR count). The molecule has 1 saturated heterocycles. The molecule has 1 unspecified atom stereocenters. The third-order valence-corrected chi connectivity index (χ3v) is 4.63. The van der Waals surface area contributed by atoms with E-state index in [1.807, 2.05) is 0 Å². The Morgan fingerprint density at radius 3 is 3.14 bits per heavy atom. The molecule has 1 aliphatic heterocycles. The lowest BCUT2D eigenvalue weighted by molar-refractivity contribution is 0.270. The topological polar surface area (TPSA) is 57.4 Å². The van der Waals surface area contributed by atoms with Crippen LogP contribution in [0.15, 0.2) is 29.4 Å². The van der Waals surface area contributed by atoms with E-state index in [4.69, 9.17) is 5.73 Å². The standard InChI is InChI=1S/C18H26N4/c1-13-5-4-10-22(12-13)18(19)20-9-8-15-11-21-16-7-3-6-14(2)17(15)16/h3,6-7,11,13,21H,4-5,8-10,12H2,1-2H3,(H2,19,20). The summed E-state index contributed by atoms with van der Waals surface area (Å²) in [6, 6.07) is 6.37. The van der Waals surface area contributed by atoms with Gasteiger partial charge in [0.2, 0.25) is 0 Å². The predicted molar refractivity (Wildman–Crippen MR) is 93.2 cm³/mol. The maximum atomic E-state index is 6.16. The van der Waals surface area contributed by atoms with Crippen molar-refractivity contribution in [3.05, 3.63) is 35.5 Å². The lowest BCUT2D eigenvalue weighted by Crippen LogP contribution is -2.43. The number of nitrogens with one attached hydrogen (secondary N) is 1. The number of nitrogens with two attached hydrogens (primary N) is 1. The van der Waals surface area contributed by atoms with E-state index in [0.29, 0.717) is 5.96 Å². The first-order valence-electron chi connectivity index (χ1n) is 8.25. The summed E-state index contributed by atoms with van der Waals surface area (Å²) in [5.41, 5.74) is 10.0. The number of aromatic amines is 1. The Balaban J connectivity index is 1.65. The summed E-state index contributed by atoms with van der Waals surface area (Å²) in [5, 5.41) is 1.34. The van der Waals surface area contributed by atoms with Crippen LogP contribution in [0.4, 0.5) is 0 Å². The van der Waals surface area contributed by atoms with Crippen molar-refractivity contribution in [1.29, 1.82) is 0 Å². The SMILES string of the molecule is Cc1cccc2[nH]cc(CCN=C(N)N3CCCC(C)C3)c12. The number of piperidine rings is 1. The van der Waals surface area contributed by atoms with Gasteiger partial charge in [0, 0.05) is 36.7 Å². The van der Waals surface area contributed by atoms with Crippen molar-refractivity contribution < 1.29 is 0 Å². The van der Waals surface area contributed by atoms with Crippen LogP contribution >= 0.6 is 0 Å². The molecule has 1 fully saturated rings. The highest BCUT2D eigenvalue weighted by Gasteiger charge is 2.17. The highest BCUT2D eigenvalue weighted by atomic mass is 15.3. The first-order valence-corrected chi connectivity index (χ1v) is 8.25. The third-order valence-electron chi connectivity index (χ3n) is 4.63. The van der Waals surface area contributed by atoms with Gasteiger partial charge in [0.25, 0.3) is 0 Å². The molecule has 1 aromatic carbocycles. The van der Waals surface area contributed by atoms with Crippen LogP contribution in [0.2, 0.25) is 0 Å². The Kier molecular flexibility index (Phi) is 4.36. The second-order valence-corrected chi connectivity index (χ2v) is 6.49. The molecule has 1 atom stereocenters. The largest absolute Gasteiger partial charge is 0.370 e. The molecule has 118 valence electrons. The molecule has 1 aromatic heterocycles. The number of rotatable bonds is 3. The third kappa shape index (κ3) is 3.11. The number of benzene rings is 1. The van der Waals surface area contributed by atoms with Crippen LogP contribution in [0.3, 0.4) is 0 Å². The minimum absolute atomic E-state index is 0.711. The van der Waals surface area contributed by atoms with Gasteiger partial charge in [0.05, 0.1) is 0 Å². The van der Waals surface area contributed by atoms with Crippen molar-refractivity contribution in [2.45, 2.75) is 33.1 Å². The van der Waals surface area contributed by atoms with Gasteiger partial charge in [0.15, 0.2) is 5.96 Å². The van der Waals surface area contributed by atoms with Crippen molar-refractivity contribution in [2.24, 2.45) is 16.6 Å². The fraction of sp³-hybridized carbons (Fsp3) is 0.500. The van der Waals surface area contributed by atoms with Crippen LogP contribution in [0, 0.1) is 12.8 Å². The molecule has 0 saturated carbocycles. The number of hydrogen-bond acceptors (Lipinski definition) is 1. The van der Waals surface area contributed by atoms with Gasteiger partial charge >= 0.3 is 0 Å². The second kappa shape index (κ2) is 6.42. The molecule has 2 aromatic rings. The summed E-state index contributed by atoms with van der Waals surface area (Å²) in [6.45, 7) is 7.28. The van der Waals surface area contributed by atoms with E-state index in [2.05, 4.69) is 53.1 Å². The van der Waals surface area contributed by atoms with Gasteiger partial charge < -0.3 is 15.6 Å². The van der Waals surface area contributed by atoms with Crippen LogP contribution in [0.1, 0.15) is 30.9 Å². The number of hydrogen-bond donors (Lipinski definition) is 2. The molecule has 22 heavy (non-hydrogen) atoms. The average molecular weight is 298 g/mol. The monoisotopic (exact) mass is 298 g/mol. The van der Waals surface area contributed by atoms with Crippen LogP contribution in [-0.2, 0) is 6.42 Å². The second-order valence-electron chi connectivity index (χ2n) is 6.49. The van der Waals surface area contributed by atoms with Crippen LogP contribution in [0.5, 0.6) is 0 Å². The summed E-state index contributed by atoms with van der Waals surface area (Å²) >= 11 is 0. The van der Waals surface area contributed by atoms with Crippen LogP contribution in [0.25, 0.3) is 10.9 Å². The molecule has 2 heterocycles. The van der Waals surface area contributed by atoms with Gasteiger partial charge in [-0.25, -0.2) is 0 Å². The van der Waals surface area contributed by atoms with E-state index in [1.54, 1.807) is 0 Å². The minimum Gasteiger partial charge on any atom is -0.370 e. The van der Waals surface area contributed by atoms with Gasteiger partial charge in [-0.05, 0) is 49.3 Å². The molecule has 4 heteroatoms. The number of likely N-dealkylation sites (tertiary alicyclic amines) is 1. The number of H-pyrrole nitrogens is 1. The number of fused-ring (bicyclic) bond motifs is 1. The molecule has 0 aliphatic carbocycles. The van der Waals surface area contributed by atoms with Crippen LogP contribution in [-0.4, -0.2) is 35.5 Å². The van der Waals surface area contributed by atoms with E-state index < -0.39 is 0 Å². The van der Waals surface area contributed by atoms with E-state index in [-0.39, 0.29) is 0 Å². The highest BCUT2D eigenvalue weighted by molar-refractivity contribution is 5.86. The smallest absolute Gasteiger partial charge is 0.191 e. The van der Waals surface area contributed by atoms with Crippen molar-refractivity contribution in [3.8, 4) is 0 Å². The molecule has 0 radical (unpaired) electrons. The lowest BCUT2D eigenvalue weighted by atomic mass is 10.0. The summed E-state index contributed by atoms with van der Waals surface area (Å²) in [7, 11) is 0. The van der Waals surface area contributed by atoms with Crippen molar-refractivity contribution in [1.82, 2.24) is 9.88 Å². The van der Waals surface area contributed by atoms with Crippen LogP contribution < -0.4 is 5.73 Å². The molecule has 1 aliphatic rings. The maximum absolute atomic E-state index is 6.16. The summed E-state index contributed by atoms with van der Waals surface area (Å²) in [4.78, 5) is 10.2. The fourth-order valence-corrected chi connectivity index (χ4v) is 3.44. The number of aromatic nitrogens is 1. The Labute approximate surface area is 132 Å². The molecule has 0 spiro atoms. The van der Waals surface area contributed by atoms with Crippen molar-refractivity contribution in [3.63, 3.8) is 0 Å². The molecular formula is C18H26N4. The van der Waals surface area contributed by atoms with Gasteiger partial charge in [-0.1, -0.05) is 19.1 Å². The molecule has 0 amide bonds. The Bertz CT molecular complexity index is 671. The maximum Gasteiger partial charge on any atom is 0.191 e. The van der Waals surface area contributed by atoms with E-state index in [0.717, 1.165) is 32.0 Å². The normalized spacial score (nSPS) is 19.8. The highest BCUT2D eigenvalue weighted by Crippen LogP contribution is 2.22. The lowest BCUT2D eigenvalue weighted by Gasteiger charge is -2.31. The zero-order valence-electron chi connectivity index (χ0n) is 13.6. The van der Waals surface area contributed by atoms with E-state index >= 15 is 0 Å². The predicted octanol–water partition coefficient (Wildman–Crippen LogP) is 3.07. The Morgan fingerprint density at radius 2 is 2.32 bits per heavy atom. The number of aryl methyl sites for hydroxylation is 1. The average Bonchev–Trinajstić information content (AvgIpc) is 2.92. The zero-order valence-corrected chi connectivity index (χ0v) is 13.6. The molecule has 0 bridgehead atoms. The van der Waals surface area contributed by atoms with Gasteiger partial charge in [0.1, 0.15) is 0 Å². The number of aliphatic imine (C=N–C) groups is 1. The van der Waals surface area contributed by atoms with Gasteiger partial charge in [-0.15, -0.1) is 0 Å².